The van der Waals surface area contributed by atoms with Crippen LogP contribution in [0, 0.1) is 5.82 Å². The SMILES string of the molecule is CO[C@@H]1CSc2c(-c3ccc(F)cc3)c(Cl)cc3c(N4C[C@@H](C)N[C@@H](C)C4)nc(=O)n(c23)C1. The number of ether oxygens (including phenoxy) is 1. The molecule has 9 heteroatoms. The first-order valence-corrected chi connectivity index (χ1v) is 12.4. The molecule has 0 unspecified atom stereocenters. The van der Waals surface area contributed by atoms with Crippen LogP contribution >= 0.6 is 23.4 Å². The molecule has 3 atom stereocenters. The molecule has 174 valence electrons. The Balaban J connectivity index is 1.80. The Morgan fingerprint density at radius 3 is 2.55 bits per heavy atom. The number of anilines is 1. The lowest BCUT2D eigenvalue weighted by molar-refractivity contribution is 0.107. The van der Waals surface area contributed by atoms with Crippen molar-refractivity contribution in [2.75, 3.05) is 30.9 Å². The molecule has 0 radical (unpaired) electrons. The third kappa shape index (κ3) is 4.14. The number of rotatable bonds is 3. The largest absolute Gasteiger partial charge is 0.379 e. The van der Waals surface area contributed by atoms with Gasteiger partial charge in [0.25, 0.3) is 0 Å². The highest BCUT2D eigenvalue weighted by molar-refractivity contribution is 7.99. The van der Waals surface area contributed by atoms with Crippen molar-refractivity contribution in [2.24, 2.45) is 0 Å². The topological polar surface area (TPSA) is 59.4 Å². The van der Waals surface area contributed by atoms with Crippen LogP contribution in [0.4, 0.5) is 10.2 Å². The second-order valence-electron chi connectivity index (χ2n) is 8.84. The Bertz CT molecular complexity index is 1260. The van der Waals surface area contributed by atoms with Gasteiger partial charge in [0.05, 0.1) is 23.2 Å². The number of hydrogen-bond donors (Lipinski definition) is 1. The van der Waals surface area contributed by atoms with Crippen molar-refractivity contribution in [2.45, 2.75) is 43.5 Å². The lowest BCUT2D eigenvalue weighted by Gasteiger charge is -2.37. The molecule has 0 amide bonds. The lowest BCUT2D eigenvalue weighted by atomic mass is 10.0. The molecule has 1 saturated heterocycles. The molecule has 1 N–H and O–H groups in total. The van der Waals surface area contributed by atoms with Gasteiger partial charge in [-0.25, -0.2) is 9.18 Å². The first-order valence-electron chi connectivity index (χ1n) is 11.0. The quantitative estimate of drug-likeness (QED) is 0.597. The number of aromatic nitrogens is 2. The van der Waals surface area contributed by atoms with Crippen LogP contribution in [0.5, 0.6) is 0 Å². The van der Waals surface area contributed by atoms with Gasteiger partial charge < -0.3 is 15.0 Å². The minimum absolute atomic E-state index is 0.143. The van der Waals surface area contributed by atoms with E-state index in [1.807, 2.05) is 6.07 Å². The van der Waals surface area contributed by atoms with Crippen molar-refractivity contribution in [1.29, 1.82) is 0 Å². The maximum Gasteiger partial charge on any atom is 0.350 e. The van der Waals surface area contributed by atoms with Crippen LogP contribution in [0.1, 0.15) is 13.8 Å². The molecule has 0 aliphatic carbocycles. The molecule has 6 nitrogen and oxygen atoms in total. The van der Waals surface area contributed by atoms with Crippen molar-refractivity contribution in [1.82, 2.24) is 14.9 Å². The summed E-state index contributed by atoms with van der Waals surface area (Å²) in [5.74, 6) is 1.02. The van der Waals surface area contributed by atoms with Gasteiger partial charge in [0.2, 0.25) is 0 Å². The summed E-state index contributed by atoms with van der Waals surface area (Å²) in [6.45, 7) is 6.17. The van der Waals surface area contributed by atoms with E-state index in [2.05, 4.69) is 29.0 Å². The zero-order valence-corrected chi connectivity index (χ0v) is 20.3. The third-order valence-electron chi connectivity index (χ3n) is 6.27. The Labute approximate surface area is 201 Å². The molecule has 0 spiro atoms. The first-order chi connectivity index (χ1) is 15.9. The van der Waals surface area contributed by atoms with Gasteiger partial charge >= 0.3 is 5.69 Å². The van der Waals surface area contributed by atoms with E-state index in [1.54, 1.807) is 35.6 Å². The molecule has 2 aliphatic heterocycles. The van der Waals surface area contributed by atoms with E-state index >= 15 is 0 Å². The van der Waals surface area contributed by atoms with Crippen molar-refractivity contribution >= 4 is 40.1 Å². The lowest BCUT2D eigenvalue weighted by Crippen LogP contribution is -2.55. The minimum atomic E-state index is -0.307. The van der Waals surface area contributed by atoms with E-state index in [0.29, 0.717) is 23.1 Å². The van der Waals surface area contributed by atoms with E-state index in [9.17, 15) is 9.18 Å². The number of hydrogen-bond acceptors (Lipinski definition) is 6. The Morgan fingerprint density at radius 1 is 1.18 bits per heavy atom. The molecule has 2 aliphatic rings. The Kier molecular flexibility index (Phi) is 6.11. The normalized spacial score (nSPS) is 23.1. The summed E-state index contributed by atoms with van der Waals surface area (Å²) in [5.41, 5.74) is 2.13. The van der Waals surface area contributed by atoms with Crippen molar-refractivity contribution in [3.63, 3.8) is 0 Å². The van der Waals surface area contributed by atoms with Crippen LogP contribution in [0.15, 0.2) is 40.0 Å². The Morgan fingerprint density at radius 2 is 1.88 bits per heavy atom. The molecule has 2 aromatic carbocycles. The van der Waals surface area contributed by atoms with E-state index < -0.39 is 0 Å². The third-order valence-corrected chi connectivity index (χ3v) is 7.80. The standard InChI is InChI=1S/C24H26ClFN4O2S/c1-13-9-29(10-14(2)27-13)23-18-8-19(25)20(15-4-6-16(26)7-5-15)22-21(18)30(24(31)28-23)11-17(32-3)12-33-22/h4-8,13-14,17,27H,9-12H2,1-3H3/t13-,14+,17-/m0/s1. The van der Waals surface area contributed by atoms with Crippen LogP contribution in [-0.4, -0.2) is 53.7 Å². The number of piperazine rings is 1. The van der Waals surface area contributed by atoms with Gasteiger partial charge in [0.15, 0.2) is 0 Å². The molecule has 3 heterocycles. The van der Waals surface area contributed by atoms with Gasteiger partial charge in [0, 0.05) is 53.9 Å². The van der Waals surface area contributed by atoms with Crippen LogP contribution in [0.3, 0.4) is 0 Å². The van der Waals surface area contributed by atoms with Crippen LogP contribution in [-0.2, 0) is 11.3 Å². The number of benzene rings is 2. The molecular formula is C24H26ClFN4O2S. The zero-order chi connectivity index (χ0) is 23.3. The van der Waals surface area contributed by atoms with Crippen LogP contribution in [0.2, 0.25) is 5.02 Å². The number of thioether (sulfide) groups is 1. The number of halogens is 2. The highest BCUT2D eigenvalue weighted by Crippen LogP contribution is 2.45. The molecular weight excluding hydrogens is 463 g/mol. The van der Waals surface area contributed by atoms with Crippen LogP contribution < -0.4 is 15.9 Å². The zero-order valence-electron chi connectivity index (χ0n) is 18.8. The number of nitrogens with one attached hydrogen (secondary N) is 1. The van der Waals surface area contributed by atoms with Gasteiger partial charge in [-0.05, 0) is 37.6 Å². The fraction of sp³-hybridized carbons (Fsp3) is 0.417. The minimum Gasteiger partial charge on any atom is -0.379 e. The summed E-state index contributed by atoms with van der Waals surface area (Å²) in [7, 11) is 1.66. The average molecular weight is 489 g/mol. The van der Waals surface area contributed by atoms with E-state index in [0.717, 1.165) is 40.0 Å². The van der Waals surface area contributed by atoms with Crippen molar-refractivity contribution in [3.8, 4) is 11.1 Å². The smallest absolute Gasteiger partial charge is 0.350 e. The number of methoxy groups -OCH3 is 1. The molecule has 1 fully saturated rings. The fourth-order valence-electron chi connectivity index (χ4n) is 4.87. The first kappa shape index (κ1) is 22.7. The summed E-state index contributed by atoms with van der Waals surface area (Å²) >= 11 is 8.50. The highest BCUT2D eigenvalue weighted by atomic mass is 35.5. The molecule has 5 rings (SSSR count). The molecule has 33 heavy (non-hydrogen) atoms. The van der Waals surface area contributed by atoms with E-state index in [-0.39, 0.29) is 29.7 Å². The van der Waals surface area contributed by atoms with Crippen LogP contribution in [0.25, 0.3) is 22.0 Å². The number of nitrogens with zero attached hydrogens (tertiary/aromatic N) is 3. The maximum absolute atomic E-state index is 13.6. The second-order valence-corrected chi connectivity index (χ2v) is 10.3. The van der Waals surface area contributed by atoms with Gasteiger partial charge in [-0.1, -0.05) is 23.7 Å². The summed E-state index contributed by atoms with van der Waals surface area (Å²) in [6, 6.07) is 8.74. The molecule has 0 bridgehead atoms. The van der Waals surface area contributed by atoms with Crippen molar-refractivity contribution in [3.05, 3.63) is 51.7 Å². The Hall–Kier alpha value is -2.13. The van der Waals surface area contributed by atoms with Gasteiger partial charge in [-0.15, -0.1) is 11.8 Å². The van der Waals surface area contributed by atoms with Gasteiger partial charge in [-0.3, -0.25) is 4.57 Å². The predicted octanol–water partition coefficient (Wildman–Crippen LogP) is 4.16. The van der Waals surface area contributed by atoms with Gasteiger partial charge in [0.1, 0.15) is 11.6 Å². The molecule has 0 saturated carbocycles. The monoisotopic (exact) mass is 488 g/mol. The summed E-state index contributed by atoms with van der Waals surface area (Å²) < 4.78 is 21.0. The molecule has 1 aromatic heterocycles. The summed E-state index contributed by atoms with van der Waals surface area (Å²) in [4.78, 5) is 20.9. The second kappa shape index (κ2) is 8.91. The average Bonchev–Trinajstić information content (AvgIpc) is 2.97. The van der Waals surface area contributed by atoms with E-state index in [1.165, 1.54) is 12.1 Å². The molecule has 3 aromatic rings. The highest BCUT2D eigenvalue weighted by Gasteiger charge is 2.30. The fourth-order valence-corrected chi connectivity index (χ4v) is 6.56. The predicted molar refractivity (Wildman–Crippen MR) is 132 cm³/mol. The summed E-state index contributed by atoms with van der Waals surface area (Å²) in [5, 5.41) is 4.93. The summed E-state index contributed by atoms with van der Waals surface area (Å²) in [6.07, 6.45) is -0.143. The maximum atomic E-state index is 13.6. The van der Waals surface area contributed by atoms with E-state index in [4.69, 9.17) is 16.3 Å². The van der Waals surface area contributed by atoms with Gasteiger partial charge in [-0.2, -0.15) is 4.98 Å². The van der Waals surface area contributed by atoms with Crippen molar-refractivity contribution < 1.29 is 9.13 Å².